The van der Waals surface area contributed by atoms with Gasteiger partial charge in [-0.05, 0) is 13.8 Å². The van der Waals surface area contributed by atoms with E-state index < -0.39 is 12.1 Å². The predicted octanol–water partition coefficient (Wildman–Crippen LogP) is 0.954. The predicted molar refractivity (Wildman–Crippen MR) is 41.9 cm³/mol. The second kappa shape index (κ2) is 3.51. The van der Waals surface area contributed by atoms with E-state index in [1.807, 2.05) is 0 Å². The Morgan fingerprint density at radius 3 is 2.77 bits per heavy atom. The quantitative estimate of drug-likeness (QED) is 0.765. The normalized spacial score (nSPS) is 13.2. The van der Waals surface area contributed by atoms with E-state index in [9.17, 15) is 9.18 Å². The molecule has 0 saturated carbocycles. The molecule has 5 nitrogen and oxygen atoms in total. The van der Waals surface area contributed by atoms with Crippen LogP contribution >= 0.6 is 0 Å². The molecule has 0 aliphatic rings. The van der Waals surface area contributed by atoms with Crippen molar-refractivity contribution >= 4 is 5.97 Å². The highest BCUT2D eigenvalue weighted by atomic mass is 19.1. The van der Waals surface area contributed by atoms with E-state index in [2.05, 4.69) is 10.3 Å². The van der Waals surface area contributed by atoms with Crippen molar-refractivity contribution in [2.45, 2.75) is 26.1 Å². The fourth-order valence-corrected chi connectivity index (χ4v) is 0.961. The summed E-state index contributed by atoms with van der Waals surface area (Å²) in [7, 11) is 0. The maximum Gasteiger partial charge on any atom is 0.344 e. The Balaban J connectivity index is 3.00. The number of alkyl halides is 1. The van der Waals surface area contributed by atoms with E-state index in [-0.39, 0.29) is 11.7 Å². The van der Waals surface area contributed by atoms with E-state index in [1.54, 1.807) is 13.8 Å². The molecule has 72 valence electrons. The van der Waals surface area contributed by atoms with Crippen LogP contribution in [0.1, 0.15) is 31.8 Å². The molecule has 1 aromatic rings. The first kappa shape index (κ1) is 9.63. The Kier molecular flexibility index (Phi) is 2.60. The fraction of sp³-hybridized carbons (Fsp3) is 0.571. The maximum absolute atomic E-state index is 13.0. The van der Waals surface area contributed by atoms with Crippen LogP contribution in [0.4, 0.5) is 4.39 Å². The Hall–Kier alpha value is -1.46. The topological polar surface area (TPSA) is 68.0 Å². The smallest absolute Gasteiger partial charge is 0.344 e. The van der Waals surface area contributed by atoms with Gasteiger partial charge in [0.1, 0.15) is 5.69 Å². The number of halogens is 1. The summed E-state index contributed by atoms with van der Waals surface area (Å²) in [5, 5.41) is 15.5. The third-order valence-electron chi connectivity index (χ3n) is 1.57. The van der Waals surface area contributed by atoms with Crippen molar-refractivity contribution in [3.05, 3.63) is 11.9 Å². The lowest BCUT2D eigenvalue weighted by atomic mass is 10.2. The molecule has 6 heteroatoms. The molecule has 1 rings (SSSR count). The highest BCUT2D eigenvalue weighted by molar-refractivity contribution is 5.73. The number of aliphatic carboxylic acids is 1. The van der Waals surface area contributed by atoms with E-state index >= 15 is 0 Å². The lowest BCUT2D eigenvalue weighted by Gasteiger charge is -2.09. The molecule has 0 aliphatic carbocycles. The van der Waals surface area contributed by atoms with Gasteiger partial charge in [-0.15, -0.1) is 5.10 Å². The van der Waals surface area contributed by atoms with Gasteiger partial charge in [-0.25, -0.2) is 13.9 Å². The first-order chi connectivity index (χ1) is 6.04. The second-order valence-electron chi connectivity index (χ2n) is 2.90. The largest absolute Gasteiger partial charge is 0.479 e. The Bertz CT molecular complexity index is 310. The molecule has 0 spiro atoms. The van der Waals surface area contributed by atoms with Gasteiger partial charge in [0.25, 0.3) is 0 Å². The summed E-state index contributed by atoms with van der Waals surface area (Å²) in [5.74, 6) is -1.52. The van der Waals surface area contributed by atoms with E-state index in [1.165, 1.54) is 4.68 Å². The van der Waals surface area contributed by atoms with Gasteiger partial charge in [0.15, 0.2) is 0 Å². The monoisotopic (exact) mass is 187 g/mol. The van der Waals surface area contributed by atoms with Crippen molar-refractivity contribution in [1.82, 2.24) is 15.0 Å². The van der Waals surface area contributed by atoms with Crippen LogP contribution in [0.2, 0.25) is 0 Å². The zero-order chi connectivity index (χ0) is 10.0. The first-order valence-corrected chi connectivity index (χ1v) is 3.81. The minimum absolute atomic E-state index is 0.0255. The first-order valence-electron chi connectivity index (χ1n) is 3.81. The molecule has 0 bridgehead atoms. The third kappa shape index (κ3) is 1.82. The molecule has 0 aromatic carbocycles. The fourth-order valence-electron chi connectivity index (χ4n) is 0.961. The van der Waals surface area contributed by atoms with Crippen LogP contribution in [-0.2, 0) is 4.79 Å². The lowest BCUT2D eigenvalue weighted by Crippen LogP contribution is -2.14. The summed E-state index contributed by atoms with van der Waals surface area (Å²) in [6.07, 6.45) is -0.934. The number of carboxylic acid groups (broad SMARTS) is 1. The van der Waals surface area contributed by atoms with Gasteiger partial charge in [-0.2, -0.15) is 0 Å². The summed E-state index contributed by atoms with van der Waals surface area (Å²) < 4.78 is 14.3. The molecular formula is C7H10FN3O2. The molecule has 1 N–H and O–H groups in total. The summed E-state index contributed by atoms with van der Waals surface area (Å²) in [6.45, 7) is 3.54. The number of carbonyl (C=O) groups is 1. The minimum atomic E-state index is -2.06. The molecule has 0 aliphatic heterocycles. The third-order valence-corrected chi connectivity index (χ3v) is 1.57. The van der Waals surface area contributed by atoms with Gasteiger partial charge >= 0.3 is 5.97 Å². The summed E-state index contributed by atoms with van der Waals surface area (Å²) in [6, 6.07) is -0.102. The van der Waals surface area contributed by atoms with Crippen LogP contribution < -0.4 is 0 Å². The summed E-state index contributed by atoms with van der Waals surface area (Å²) >= 11 is 0. The lowest BCUT2D eigenvalue weighted by molar-refractivity contribution is -0.143. The average molecular weight is 187 g/mol. The van der Waals surface area contributed by atoms with Crippen LogP contribution in [0.15, 0.2) is 6.20 Å². The SMILES string of the molecule is CC(C)n1nncc1C(F)C(=O)O. The van der Waals surface area contributed by atoms with E-state index in [0.717, 1.165) is 6.20 Å². The van der Waals surface area contributed by atoms with Crippen LogP contribution in [0.25, 0.3) is 0 Å². The summed E-state index contributed by atoms with van der Waals surface area (Å²) in [4.78, 5) is 10.3. The highest BCUT2D eigenvalue weighted by Gasteiger charge is 2.24. The van der Waals surface area contributed by atoms with Crippen molar-refractivity contribution < 1.29 is 14.3 Å². The van der Waals surface area contributed by atoms with Crippen molar-refractivity contribution in [3.63, 3.8) is 0 Å². The van der Waals surface area contributed by atoms with Gasteiger partial charge in [-0.3, -0.25) is 0 Å². The van der Waals surface area contributed by atoms with Gasteiger partial charge in [-0.1, -0.05) is 5.21 Å². The number of rotatable bonds is 3. The molecular weight excluding hydrogens is 177 g/mol. The van der Waals surface area contributed by atoms with Gasteiger partial charge in [0.05, 0.1) is 6.20 Å². The van der Waals surface area contributed by atoms with Gasteiger partial charge in [0, 0.05) is 6.04 Å². The average Bonchev–Trinajstić information content (AvgIpc) is 2.50. The molecule has 0 radical (unpaired) electrons. The van der Waals surface area contributed by atoms with Crippen LogP contribution in [0.3, 0.4) is 0 Å². The number of nitrogens with zero attached hydrogens (tertiary/aromatic N) is 3. The second-order valence-corrected chi connectivity index (χ2v) is 2.90. The maximum atomic E-state index is 13.0. The molecule has 1 aromatic heterocycles. The van der Waals surface area contributed by atoms with E-state index in [4.69, 9.17) is 5.11 Å². The standard InChI is InChI=1S/C7H10FN3O2/c1-4(2)11-5(3-9-10-11)6(8)7(12)13/h3-4,6H,1-2H3,(H,12,13). The number of hydrogen-bond donors (Lipinski definition) is 1. The van der Waals surface area contributed by atoms with Crippen molar-refractivity contribution in [2.24, 2.45) is 0 Å². The molecule has 0 saturated heterocycles. The van der Waals surface area contributed by atoms with E-state index in [0.29, 0.717) is 0 Å². The summed E-state index contributed by atoms with van der Waals surface area (Å²) in [5.41, 5.74) is -0.0255. The Labute approximate surface area is 74.2 Å². The molecule has 13 heavy (non-hydrogen) atoms. The molecule has 1 atom stereocenters. The van der Waals surface area contributed by atoms with Crippen molar-refractivity contribution in [1.29, 1.82) is 0 Å². The number of hydrogen-bond acceptors (Lipinski definition) is 3. The molecule has 1 heterocycles. The number of carboxylic acids is 1. The molecule has 1 unspecified atom stereocenters. The Morgan fingerprint density at radius 2 is 2.31 bits per heavy atom. The molecule has 0 fully saturated rings. The van der Waals surface area contributed by atoms with Crippen LogP contribution in [0.5, 0.6) is 0 Å². The van der Waals surface area contributed by atoms with Crippen LogP contribution in [-0.4, -0.2) is 26.1 Å². The zero-order valence-electron chi connectivity index (χ0n) is 7.31. The van der Waals surface area contributed by atoms with Crippen LogP contribution in [0, 0.1) is 0 Å². The molecule has 0 amide bonds. The van der Waals surface area contributed by atoms with Gasteiger partial charge in [0.2, 0.25) is 6.17 Å². The van der Waals surface area contributed by atoms with Gasteiger partial charge < -0.3 is 5.11 Å². The minimum Gasteiger partial charge on any atom is -0.479 e. The Morgan fingerprint density at radius 1 is 1.69 bits per heavy atom. The number of aromatic nitrogens is 3. The zero-order valence-corrected chi connectivity index (χ0v) is 7.31. The highest BCUT2D eigenvalue weighted by Crippen LogP contribution is 2.18. The van der Waals surface area contributed by atoms with Crippen molar-refractivity contribution in [3.8, 4) is 0 Å². The van der Waals surface area contributed by atoms with Crippen molar-refractivity contribution in [2.75, 3.05) is 0 Å².